The molecule has 2 aromatic carbocycles. The van der Waals surface area contributed by atoms with Gasteiger partial charge in [-0.05, 0) is 94.2 Å². The summed E-state index contributed by atoms with van der Waals surface area (Å²) in [5, 5.41) is 20.9. The standard InChI is InChI=1S/C35H43FN2O5/c1-23-29(32(33(40)41)43-34(2,3)4)31(38-19-17-35(18-20-38)15-5-16-35)30(28(22-39)37-23)25-8-12-27(13-9-25)42-21-14-24-6-10-26(36)11-7-24/h6-13,32,39H,5,14-22H2,1-4H3,(H,40,41). The molecule has 1 unspecified atom stereocenters. The maximum atomic E-state index is 13.2. The van der Waals surface area contributed by atoms with Crippen molar-refractivity contribution in [2.45, 2.75) is 84.5 Å². The minimum Gasteiger partial charge on any atom is -0.493 e. The summed E-state index contributed by atoms with van der Waals surface area (Å²) in [5.74, 6) is -0.647. The molecule has 0 amide bonds. The Bertz CT molecular complexity index is 1420. The molecule has 1 saturated carbocycles. The Morgan fingerprint density at radius 1 is 1.05 bits per heavy atom. The number of piperidine rings is 1. The molecule has 2 fully saturated rings. The van der Waals surface area contributed by atoms with Gasteiger partial charge in [0.1, 0.15) is 11.6 Å². The van der Waals surface area contributed by atoms with E-state index in [4.69, 9.17) is 14.5 Å². The van der Waals surface area contributed by atoms with Crippen molar-refractivity contribution in [3.05, 3.63) is 76.9 Å². The molecule has 230 valence electrons. The second kappa shape index (κ2) is 12.6. The van der Waals surface area contributed by atoms with E-state index in [1.54, 1.807) is 19.1 Å². The lowest BCUT2D eigenvalue weighted by atomic mass is 9.63. The fourth-order valence-corrected chi connectivity index (χ4v) is 6.44. The number of pyridine rings is 1. The van der Waals surface area contributed by atoms with Crippen molar-refractivity contribution < 1.29 is 28.9 Å². The van der Waals surface area contributed by atoms with Crippen LogP contribution in [0.15, 0.2) is 48.5 Å². The van der Waals surface area contributed by atoms with E-state index >= 15 is 0 Å². The number of aliphatic hydroxyl groups excluding tert-OH is 1. The van der Waals surface area contributed by atoms with Crippen molar-refractivity contribution in [2.75, 3.05) is 24.6 Å². The fraction of sp³-hybridized carbons (Fsp3) is 0.486. The van der Waals surface area contributed by atoms with Crippen molar-refractivity contribution in [3.63, 3.8) is 0 Å². The highest BCUT2D eigenvalue weighted by Gasteiger charge is 2.42. The number of aliphatic carboxylic acids is 1. The highest BCUT2D eigenvalue weighted by molar-refractivity contribution is 5.88. The summed E-state index contributed by atoms with van der Waals surface area (Å²) in [7, 11) is 0. The minimum absolute atomic E-state index is 0.262. The van der Waals surface area contributed by atoms with Crippen LogP contribution in [-0.2, 0) is 22.6 Å². The van der Waals surface area contributed by atoms with Crippen LogP contribution in [0.5, 0.6) is 5.75 Å². The number of ether oxygens (including phenoxy) is 2. The lowest BCUT2D eigenvalue weighted by Gasteiger charge is -2.49. The topological polar surface area (TPSA) is 92.1 Å². The van der Waals surface area contributed by atoms with Gasteiger partial charge in [-0.15, -0.1) is 0 Å². The Morgan fingerprint density at radius 2 is 1.70 bits per heavy atom. The van der Waals surface area contributed by atoms with E-state index in [2.05, 4.69) is 4.90 Å². The monoisotopic (exact) mass is 590 g/mol. The molecule has 2 heterocycles. The summed E-state index contributed by atoms with van der Waals surface area (Å²) in [6.45, 7) is 9.13. The Labute approximate surface area is 253 Å². The van der Waals surface area contributed by atoms with Gasteiger partial charge >= 0.3 is 5.97 Å². The Hall–Kier alpha value is -3.49. The third kappa shape index (κ3) is 7.02. The maximum absolute atomic E-state index is 13.2. The lowest BCUT2D eigenvalue weighted by Crippen LogP contribution is -2.44. The Kier molecular flexibility index (Phi) is 9.09. The number of anilines is 1. The number of carboxylic acid groups (broad SMARTS) is 1. The predicted molar refractivity (Wildman–Crippen MR) is 165 cm³/mol. The van der Waals surface area contributed by atoms with Gasteiger partial charge < -0.3 is 24.6 Å². The van der Waals surface area contributed by atoms with Crippen LogP contribution in [0.2, 0.25) is 0 Å². The molecule has 3 aromatic rings. The molecule has 5 rings (SSSR count). The average Bonchev–Trinajstić information content (AvgIpc) is 2.96. The normalized spacial score (nSPS) is 17.0. The van der Waals surface area contributed by atoms with Crippen molar-refractivity contribution in [1.82, 2.24) is 4.98 Å². The molecule has 0 radical (unpaired) electrons. The highest BCUT2D eigenvalue weighted by atomic mass is 19.1. The van der Waals surface area contributed by atoms with E-state index in [0.29, 0.717) is 41.1 Å². The van der Waals surface area contributed by atoms with E-state index in [1.165, 1.54) is 31.4 Å². The van der Waals surface area contributed by atoms with Gasteiger partial charge in [0.25, 0.3) is 0 Å². The quantitative estimate of drug-likeness (QED) is 0.262. The first-order valence-electron chi connectivity index (χ1n) is 15.3. The molecule has 2 aliphatic rings. The van der Waals surface area contributed by atoms with Crippen LogP contribution in [0.1, 0.15) is 81.5 Å². The molecule has 1 atom stereocenters. The fourth-order valence-electron chi connectivity index (χ4n) is 6.44. The van der Waals surface area contributed by atoms with Crippen LogP contribution in [0, 0.1) is 18.2 Å². The van der Waals surface area contributed by atoms with Crippen LogP contribution >= 0.6 is 0 Å². The minimum atomic E-state index is -1.22. The number of aliphatic hydroxyl groups is 1. The summed E-state index contributed by atoms with van der Waals surface area (Å²) in [6, 6.07) is 14.0. The van der Waals surface area contributed by atoms with E-state index in [9.17, 15) is 19.4 Å². The molecule has 1 aliphatic heterocycles. The number of hydrogen-bond donors (Lipinski definition) is 2. The second-order valence-corrected chi connectivity index (χ2v) is 13.0. The van der Waals surface area contributed by atoms with Gasteiger partial charge in [-0.1, -0.05) is 30.7 Å². The van der Waals surface area contributed by atoms with Crippen LogP contribution in [0.25, 0.3) is 11.1 Å². The number of aryl methyl sites for hydroxylation is 1. The van der Waals surface area contributed by atoms with Gasteiger partial charge in [0.15, 0.2) is 6.10 Å². The molecule has 1 aliphatic carbocycles. The number of benzene rings is 2. The van der Waals surface area contributed by atoms with Gasteiger partial charge in [0.05, 0.1) is 30.2 Å². The number of hydrogen-bond acceptors (Lipinski definition) is 6. The number of rotatable bonds is 10. The summed E-state index contributed by atoms with van der Waals surface area (Å²) >= 11 is 0. The number of carboxylic acids is 1. The zero-order valence-corrected chi connectivity index (χ0v) is 25.7. The van der Waals surface area contributed by atoms with Crippen molar-refractivity contribution >= 4 is 11.7 Å². The first-order valence-corrected chi connectivity index (χ1v) is 15.3. The number of carbonyl (C=O) groups is 1. The third-order valence-corrected chi connectivity index (χ3v) is 8.85. The number of nitrogens with zero attached hydrogens (tertiary/aromatic N) is 2. The lowest BCUT2D eigenvalue weighted by molar-refractivity contribution is -0.160. The Morgan fingerprint density at radius 3 is 2.23 bits per heavy atom. The molecular formula is C35H43FN2O5. The van der Waals surface area contributed by atoms with E-state index in [1.807, 2.05) is 45.0 Å². The first-order chi connectivity index (χ1) is 20.5. The molecule has 1 spiro atoms. The molecule has 1 saturated heterocycles. The van der Waals surface area contributed by atoms with Crippen LogP contribution in [0.4, 0.5) is 10.1 Å². The van der Waals surface area contributed by atoms with Gasteiger partial charge in [-0.3, -0.25) is 4.98 Å². The molecule has 7 nitrogen and oxygen atoms in total. The van der Waals surface area contributed by atoms with E-state index in [-0.39, 0.29) is 12.4 Å². The molecule has 2 N–H and O–H groups in total. The SMILES string of the molecule is Cc1nc(CO)c(-c2ccc(OCCc3ccc(F)cc3)cc2)c(N2CCC3(CCC3)CC2)c1C(OC(C)(C)C)C(=O)O. The van der Waals surface area contributed by atoms with Crippen molar-refractivity contribution in [1.29, 1.82) is 0 Å². The van der Waals surface area contributed by atoms with Gasteiger partial charge in [-0.2, -0.15) is 0 Å². The molecule has 43 heavy (non-hydrogen) atoms. The Balaban J connectivity index is 1.51. The summed E-state index contributed by atoms with van der Waals surface area (Å²) < 4.78 is 25.4. The second-order valence-electron chi connectivity index (χ2n) is 13.0. The van der Waals surface area contributed by atoms with Crippen molar-refractivity contribution in [3.8, 4) is 16.9 Å². The number of halogens is 1. The van der Waals surface area contributed by atoms with Crippen LogP contribution in [-0.4, -0.2) is 46.5 Å². The first kappa shape index (κ1) is 31.0. The van der Waals surface area contributed by atoms with Crippen molar-refractivity contribution in [2.24, 2.45) is 5.41 Å². The van der Waals surface area contributed by atoms with Crippen LogP contribution in [0.3, 0.4) is 0 Å². The van der Waals surface area contributed by atoms with Gasteiger partial charge in [0.2, 0.25) is 0 Å². The zero-order valence-electron chi connectivity index (χ0n) is 25.7. The smallest absolute Gasteiger partial charge is 0.337 e. The zero-order chi connectivity index (χ0) is 30.8. The number of aromatic nitrogens is 1. The molecule has 8 heteroatoms. The van der Waals surface area contributed by atoms with Gasteiger partial charge in [-0.25, -0.2) is 9.18 Å². The highest BCUT2D eigenvalue weighted by Crippen LogP contribution is 2.51. The molecular weight excluding hydrogens is 547 g/mol. The van der Waals surface area contributed by atoms with Gasteiger partial charge in [0, 0.05) is 36.3 Å². The average molecular weight is 591 g/mol. The van der Waals surface area contributed by atoms with Crippen LogP contribution < -0.4 is 9.64 Å². The summed E-state index contributed by atoms with van der Waals surface area (Å²) in [5.41, 5.74) is 4.62. The molecule has 1 aromatic heterocycles. The maximum Gasteiger partial charge on any atom is 0.337 e. The summed E-state index contributed by atoms with van der Waals surface area (Å²) in [4.78, 5) is 19.8. The van der Waals surface area contributed by atoms with E-state index in [0.717, 1.165) is 48.3 Å². The predicted octanol–water partition coefficient (Wildman–Crippen LogP) is 7.02. The third-order valence-electron chi connectivity index (χ3n) is 8.85. The largest absolute Gasteiger partial charge is 0.493 e. The molecule has 0 bridgehead atoms. The van der Waals surface area contributed by atoms with E-state index < -0.39 is 17.7 Å². The summed E-state index contributed by atoms with van der Waals surface area (Å²) in [6.07, 6.45) is 5.32.